The predicted octanol–water partition coefficient (Wildman–Crippen LogP) is 10.2. The normalized spacial score (nSPS) is 38.9. The fourth-order valence-electron chi connectivity index (χ4n) is 20.0. The number of hydrogen-bond donors (Lipinski definition) is 8. The zero-order valence-electron chi connectivity index (χ0n) is 52.7. The fraction of sp³-hybridized carbons (Fsp3) is 0.645. The number of Topliss-reactive ketones (excluding diaryl/α,β-unsaturated/α-hetero) is 1. The second kappa shape index (κ2) is 25.1. The first-order chi connectivity index (χ1) is 43.5. The van der Waals surface area contributed by atoms with E-state index >= 15 is 9.59 Å². The average Bonchev–Trinajstić information content (AvgIpc) is 0.717. The van der Waals surface area contributed by atoms with Crippen molar-refractivity contribution in [3.05, 3.63) is 99.1 Å². The standard InChI is InChI=1S/C76H94N2O12/c1-74(86)42-78-55-33-50(32-51(34-55)70(83)49(40-77-2)20-17-43-18-24-56(25-19-43)88-41-64(74)81)46-21-22-47-39-66(82)90-72-59(47)35-52(71(84)67(72)45-12-4-3-5-13-45)38-65-76(87)61-16-7-6-15-57(61)58-26-23-48-36-62(79)60(68(58)69(48)76)30-44-11-10-14-54(29-44)75(27-8-9-28-75)63(80)37-53(31-46)73(85)89-65/h10-11,14,29,32-35,37,43,45-49,56-58,60-61,63-65,68-70,77-78,80-81,83-84,86-87H,3-9,12-13,15-16,18-19,23-28,30-31,36,38-42H2,1-2H3/b53-37-/t43?,46-,47+,48-,49-,56?,57+,58-,60-,61+,63-,64+,65+,68+,69-,70+,74-,76+/m0/s1. The van der Waals surface area contributed by atoms with Crippen molar-refractivity contribution in [2.75, 3.05) is 32.1 Å². The Hall–Kier alpha value is -5.55. The lowest BCUT2D eigenvalue weighted by atomic mass is 9.40. The van der Waals surface area contributed by atoms with Crippen LogP contribution in [0.2, 0.25) is 0 Å². The van der Waals surface area contributed by atoms with Crippen molar-refractivity contribution in [2.24, 2.45) is 53.3 Å². The number of nitrogens with one attached hydrogen (secondary N) is 2. The molecule has 0 saturated heterocycles. The van der Waals surface area contributed by atoms with Crippen LogP contribution in [0, 0.1) is 76.9 Å². The third kappa shape index (κ3) is 11.4. The first-order valence-electron chi connectivity index (χ1n) is 34.8. The predicted molar refractivity (Wildman–Crippen MR) is 340 cm³/mol. The topological polar surface area (TPSA) is 224 Å². The lowest BCUT2D eigenvalue weighted by Gasteiger charge is -2.66. The van der Waals surface area contributed by atoms with E-state index in [0.29, 0.717) is 71.5 Å². The van der Waals surface area contributed by atoms with Gasteiger partial charge in [-0.1, -0.05) is 99.0 Å². The summed E-state index contributed by atoms with van der Waals surface area (Å²) < 4.78 is 19.9. The van der Waals surface area contributed by atoms with Crippen LogP contribution in [0.4, 0.5) is 5.69 Å². The van der Waals surface area contributed by atoms with Crippen molar-refractivity contribution in [3.8, 4) is 35.2 Å². The molecule has 14 nitrogen and oxygen atoms in total. The van der Waals surface area contributed by atoms with Gasteiger partial charge in [0.05, 0.1) is 43.2 Å². The van der Waals surface area contributed by atoms with Crippen molar-refractivity contribution in [1.82, 2.24) is 5.32 Å². The van der Waals surface area contributed by atoms with Crippen molar-refractivity contribution < 1.29 is 59.2 Å². The molecule has 7 fully saturated rings. The third-order valence-corrected chi connectivity index (χ3v) is 24.7. The second-order valence-corrected chi connectivity index (χ2v) is 30.0. The smallest absolute Gasteiger partial charge is 0.334 e. The molecule has 90 heavy (non-hydrogen) atoms. The number of carbonyl (C=O) groups is 3. The molecule has 8 N–H and O–H groups in total. The molecule has 15 rings (SSSR count). The maximum atomic E-state index is 16.6. The summed E-state index contributed by atoms with van der Waals surface area (Å²) in [5, 5.41) is 84.3. The second-order valence-electron chi connectivity index (χ2n) is 30.0. The summed E-state index contributed by atoms with van der Waals surface area (Å²) in [5.41, 5.74) is 1.35. The Balaban J connectivity index is 0.994. The summed E-state index contributed by atoms with van der Waals surface area (Å²) >= 11 is 0. The van der Waals surface area contributed by atoms with Crippen LogP contribution < -0.4 is 15.4 Å². The molecule has 7 saturated carbocycles. The van der Waals surface area contributed by atoms with Crippen LogP contribution in [-0.4, -0.2) is 111 Å². The molecule has 480 valence electrons. The molecule has 7 aliphatic carbocycles. The number of anilines is 1. The number of aliphatic hydroxyl groups excluding tert-OH is 3. The average molecular weight is 1230 g/mol. The number of aliphatic hydroxyl groups is 5. The lowest BCUT2D eigenvalue weighted by molar-refractivity contribution is -0.265. The van der Waals surface area contributed by atoms with Crippen molar-refractivity contribution >= 4 is 23.4 Å². The Morgan fingerprint density at radius 2 is 1.51 bits per heavy atom. The zero-order valence-corrected chi connectivity index (χ0v) is 52.7. The van der Waals surface area contributed by atoms with Gasteiger partial charge in [0.2, 0.25) is 0 Å². The molecule has 0 unspecified atom stereocenters. The summed E-state index contributed by atoms with van der Waals surface area (Å²) in [5.74, 6) is 10.3. The van der Waals surface area contributed by atoms with E-state index < -0.39 is 76.6 Å². The van der Waals surface area contributed by atoms with Gasteiger partial charge in [0.25, 0.3) is 0 Å². The largest absolute Gasteiger partial charge is 0.507 e. The van der Waals surface area contributed by atoms with E-state index in [1.54, 1.807) is 13.0 Å². The number of ether oxygens (including phenoxy) is 3. The number of benzene rings is 3. The maximum absolute atomic E-state index is 16.6. The molecule has 3 aromatic carbocycles. The number of phenolic OH excluding ortho intramolecular Hbond substituents is 1. The molecule has 0 radical (unpaired) electrons. The summed E-state index contributed by atoms with van der Waals surface area (Å²) in [6, 6.07) is 16.0. The molecule has 1 spiro atoms. The SMILES string of the molecule is CNC[C@@H]1C#CC2CCC(CC2)OC[C@@H](O)[C@@](C)(O)CNc2cc([C@H]3C#C[C@@H]4CC(=O)Oc5c4cc(c(O)c5C4CCCCC4)C[C@H]4OC(=O)/C(=C\[C@H](O)C5(CCCC5)c5cccc(c5)C[C@H]5C(=O)C[C@@H]6CC[C@H]7[C@H]8CCCC[C@H]8[C@]4(O)[C@@H]6[C@H]75)C3)cc(c2)[C@@H]1O. The lowest BCUT2D eigenvalue weighted by Crippen LogP contribution is -2.71. The summed E-state index contributed by atoms with van der Waals surface area (Å²) in [6.07, 6.45) is 13.3. The van der Waals surface area contributed by atoms with E-state index in [1.807, 2.05) is 31.3 Å². The summed E-state index contributed by atoms with van der Waals surface area (Å²) in [7, 11) is 1.84. The van der Waals surface area contributed by atoms with E-state index in [4.69, 9.17) is 14.2 Å². The van der Waals surface area contributed by atoms with Gasteiger partial charge in [0, 0.05) is 71.5 Å². The van der Waals surface area contributed by atoms with Crippen LogP contribution in [-0.2, 0) is 42.1 Å². The molecule has 0 amide bonds. The Morgan fingerprint density at radius 3 is 2.31 bits per heavy atom. The molecule has 12 aliphatic rings. The first-order valence-corrected chi connectivity index (χ1v) is 34.8. The van der Waals surface area contributed by atoms with Gasteiger partial charge in [0.1, 0.15) is 40.7 Å². The number of aromatic hydroxyl groups is 1. The third-order valence-electron chi connectivity index (χ3n) is 24.7. The molecular formula is C76H94N2O12. The van der Waals surface area contributed by atoms with Crippen LogP contribution in [0.5, 0.6) is 11.5 Å². The van der Waals surface area contributed by atoms with Gasteiger partial charge in [-0.15, -0.1) is 0 Å². The van der Waals surface area contributed by atoms with E-state index in [0.717, 1.165) is 120 Å². The summed E-state index contributed by atoms with van der Waals surface area (Å²) in [4.78, 5) is 45.9. The Kier molecular flexibility index (Phi) is 17.2. The number of rotatable bonds is 4. The summed E-state index contributed by atoms with van der Waals surface area (Å²) in [6.45, 7) is 1.78. The number of ketones is 1. The highest BCUT2D eigenvalue weighted by molar-refractivity contribution is 5.89. The quantitative estimate of drug-likeness (QED) is 0.0692. The molecule has 3 aromatic rings. The molecule has 0 aromatic heterocycles. The first kappa shape index (κ1) is 61.9. The molecular weight excluding hydrogens is 1130 g/mol. The Labute approximate surface area is 531 Å². The highest BCUT2D eigenvalue weighted by Gasteiger charge is 2.69. The van der Waals surface area contributed by atoms with Gasteiger partial charge in [-0.3, -0.25) is 9.59 Å². The van der Waals surface area contributed by atoms with Crippen LogP contribution in [0.25, 0.3) is 0 Å². The van der Waals surface area contributed by atoms with Crippen molar-refractivity contribution in [2.45, 2.75) is 226 Å². The molecule has 16 bridgehead atoms. The minimum Gasteiger partial charge on any atom is -0.507 e. The fourth-order valence-corrected chi connectivity index (χ4v) is 20.0. The van der Waals surface area contributed by atoms with Crippen LogP contribution in [0.1, 0.15) is 211 Å². The number of phenols is 1. The van der Waals surface area contributed by atoms with Gasteiger partial charge in [-0.25, -0.2) is 4.79 Å². The van der Waals surface area contributed by atoms with Crippen LogP contribution in [0.3, 0.4) is 0 Å². The molecule has 14 heteroatoms. The van der Waals surface area contributed by atoms with Crippen molar-refractivity contribution in [1.29, 1.82) is 0 Å². The van der Waals surface area contributed by atoms with E-state index in [9.17, 15) is 35.4 Å². The number of hydrogen-bond acceptors (Lipinski definition) is 14. The monoisotopic (exact) mass is 1230 g/mol. The minimum atomic E-state index is -1.66. The number of esters is 2. The van der Waals surface area contributed by atoms with Gasteiger partial charge in [-0.2, -0.15) is 0 Å². The Morgan fingerprint density at radius 1 is 0.744 bits per heavy atom. The maximum Gasteiger partial charge on any atom is 0.334 e. The molecule has 5 aliphatic heterocycles. The van der Waals surface area contributed by atoms with Gasteiger partial charge >= 0.3 is 11.9 Å². The Bertz CT molecular complexity index is 3400. The number of carbonyl (C=O) groups excluding carboxylic acids is 3. The number of fused-ring (bicyclic) bond motifs is 20. The van der Waals surface area contributed by atoms with E-state index in [1.165, 1.54) is 0 Å². The van der Waals surface area contributed by atoms with E-state index in [-0.39, 0.29) is 103 Å². The van der Waals surface area contributed by atoms with Gasteiger partial charge in [0.15, 0.2) is 0 Å². The van der Waals surface area contributed by atoms with Crippen molar-refractivity contribution in [3.63, 3.8) is 0 Å². The van der Waals surface area contributed by atoms with Crippen LogP contribution in [0.15, 0.2) is 60.2 Å². The van der Waals surface area contributed by atoms with Gasteiger partial charge in [-0.05, 0) is 197 Å². The highest BCUT2D eigenvalue weighted by atomic mass is 16.6. The van der Waals surface area contributed by atoms with Gasteiger partial charge < -0.3 is 55.5 Å². The zero-order chi connectivity index (χ0) is 62.2. The van der Waals surface area contributed by atoms with E-state index in [2.05, 4.69) is 58.6 Å². The minimum absolute atomic E-state index is 0.0133. The molecule has 5 heterocycles. The molecule has 16 atom stereocenters. The highest BCUT2D eigenvalue weighted by Crippen LogP contribution is 2.66. The van der Waals surface area contributed by atoms with Crippen LogP contribution >= 0.6 is 0 Å².